The quantitative estimate of drug-likeness (QED) is 0.378. The molecule has 0 aliphatic carbocycles. The predicted octanol–water partition coefficient (Wildman–Crippen LogP) is 0.598. The lowest BCUT2D eigenvalue weighted by atomic mass is 10.3. The van der Waals surface area contributed by atoms with Crippen LogP contribution in [0.25, 0.3) is 0 Å². The number of hydrogen-bond acceptors (Lipinski definition) is 4. The van der Waals surface area contributed by atoms with Gasteiger partial charge in [-0.15, -0.1) is 0 Å². The third-order valence-electron chi connectivity index (χ3n) is 0.904. The van der Waals surface area contributed by atoms with E-state index < -0.39 is 24.5 Å². The summed E-state index contributed by atoms with van der Waals surface area (Å²) in [5, 5.41) is 0. The molecule has 0 aromatic carbocycles. The minimum Gasteiger partial charge on any atom is -0.386 e. The van der Waals surface area contributed by atoms with Gasteiger partial charge in [0, 0.05) is 6.42 Å². The van der Waals surface area contributed by atoms with E-state index in [-0.39, 0.29) is 6.42 Å². The van der Waals surface area contributed by atoms with Gasteiger partial charge in [0.1, 0.15) is 6.29 Å². The van der Waals surface area contributed by atoms with Gasteiger partial charge in [-0.05, 0) is 0 Å². The molecule has 0 N–H and O–H groups in total. The number of ether oxygens (including phenoxy) is 1. The van der Waals surface area contributed by atoms with Crippen LogP contribution in [0.3, 0.4) is 0 Å². The molecule has 0 saturated heterocycles. The standard InChI is InChI=1S/C6H5F3O4/c7-6(8,9)5(12)13-4(11)2-1-3-10/h3H,1-2H2. The Morgan fingerprint density at radius 1 is 1.31 bits per heavy atom. The number of halogens is 3. The van der Waals surface area contributed by atoms with Crippen molar-refractivity contribution in [3.05, 3.63) is 0 Å². The summed E-state index contributed by atoms with van der Waals surface area (Å²) < 4.78 is 37.7. The fourth-order valence-corrected chi connectivity index (χ4v) is 0.389. The molecule has 0 unspecified atom stereocenters. The van der Waals surface area contributed by atoms with Crippen LogP contribution < -0.4 is 0 Å². The van der Waals surface area contributed by atoms with Crippen molar-refractivity contribution in [3.63, 3.8) is 0 Å². The predicted molar refractivity (Wildman–Crippen MR) is 32.5 cm³/mol. The highest BCUT2D eigenvalue weighted by atomic mass is 19.4. The van der Waals surface area contributed by atoms with Crippen LogP contribution in [0.4, 0.5) is 13.2 Å². The normalized spacial score (nSPS) is 10.7. The molecule has 4 nitrogen and oxygen atoms in total. The summed E-state index contributed by atoms with van der Waals surface area (Å²) in [6, 6.07) is 0. The number of esters is 2. The summed E-state index contributed by atoms with van der Waals surface area (Å²) in [4.78, 5) is 30.0. The van der Waals surface area contributed by atoms with E-state index in [1.807, 2.05) is 0 Å². The monoisotopic (exact) mass is 198 g/mol. The van der Waals surface area contributed by atoms with Gasteiger partial charge in [0.25, 0.3) is 0 Å². The molecular weight excluding hydrogens is 193 g/mol. The van der Waals surface area contributed by atoms with Crippen LogP contribution in [0, 0.1) is 0 Å². The maximum Gasteiger partial charge on any atom is 0.491 e. The first-order valence-electron chi connectivity index (χ1n) is 3.13. The molecule has 7 heteroatoms. The maximum atomic E-state index is 11.4. The highest BCUT2D eigenvalue weighted by Gasteiger charge is 2.42. The van der Waals surface area contributed by atoms with Gasteiger partial charge >= 0.3 is 18.1 Å². The van der Waals surface area contributed by atoms with Crippen LogP contribution in [0.2, 0.25) is 0 Å². The lowest BCUT2D eigenvalue weighted by molar-refractivity contribution is -0.201. The van der Waals surface area contributed by atoms with E-state index in [1.165, 1.54) is 0 Å². The van der Waals surface area contributed by atoms with Crippen LogP contribution in [0.15, 0.2) is 0 Å². The van der Waals surface area contributed by atoms with Gasteiger partial charge in [0.15, 0.2) is 0 Å². The van der Waals surface area contributed by atoms with E-state index in [0.717, 1.165) is 0 Å². The second-order valence-electron chi connectivity index (χ2n) is 1.96. The van der Waals surface area contributed by atoms with Crippen molar-refractivity contribution in [2.75, 3.05) is 0 Å². The van der Waals surface area contributed by atoms with E-state index in [9.17, 15) is 27.6 Å². The van der Waals surface area contributed by atoms with Gasteiger partial charge in [-0.25, -0.2) is 4.79 Å². The topological polar surface area (TPSA) is 60.4 Å². The number of carbonyl (C=O) groups excluding carboxylic acids is 3. The van der Waals surface area contributed by atoms with Crippen molar-refractivity contribution >= 4 is 18.2 Å². The van der Waals surface area contributed by atoms with Crippen molar-refractivity contribution in [1.82, 2.24) is 0 Å². The van der Waals surface area contributed by atoms with Crippen LogP contribution in [-0.2, 0) is 19.1 Å². The summed E-state index contributed by atoms with van der Waals surface area (Å²) in [5.74, 6) is -3.93. The first-order chi connectivity index (χ1) is 5.88. The van der Waals surface area contributed by atoms with Crippen molar-refractivity contribution < 1.29 is 32.3 Å². The highest BCUT2D eigenvalue weighted by Crippen LogP contribution is 2.16. The second-order valence-corrected chi connectivity index (χ2v) is 1.96. The molecule has 0 fully saturated rings. The Labute approximate surface area is 70.7 Å². The van der Waals surface area contributed by atoms with Gasteiger partial charge in [0.05, 0.1) is 6.42 Å². The fourth-order valence-electron chi connectivity index (χ4n) is 0.389. The van der Waals surface area contributed by atoms with Crippen molar-refractivity contribution in [2.24, 2.45) is 0 Å². The molecular formula is C6H5F3O4. The van der Waals surface area contributed by atoms with E-state index >= 15 is 0 Å². The largest absolute Gasteiger partial charge is 0.491 e. The molecule has 13 heavy (non-hydrogen) atoms. The Morgan fingerprint density at radius 3 is 2.23 bits per heavy atom. The van der Waals surface area contributed by atoms with Crippen molar-refractivity contribution in [2.45, 2.75) is 19.0 Å². The van der Waals surface area contributed by atoms with Crippen LogP contribution >= 0.6 is 0 Å². The van der Waals surface area contributed by atoms with Gasteiger partial charge in [-0.2, -0.15) is 13.2 Å². The molecule has 0 spiro atoms. The molecule has 0 aliphatic heterocycles. The van der Waals surface area contributed by atoms with Gasteiger partial charge < -0.3 is 9.53 Å². The number of rotatable bonds is 3. The molecule has 0 aromatic rings. The molecule has 0 radical (unpaired) electrons. The Bertz CT molecular complexity index is 220. The lowest BCUT2D eigenvalue weighted by Gasteiger charge is -2.03. The molecule has 0 rings (SSSR count). The maximum absolute atomic E-state index is 11.4. The van der Waals surface area contributed by atoms with Crippen LogP contribution in [0.1, 0.15) is 12.8 Å². The average Bonchev–Trinajstić information content (AvgIpc) is 1.99. The number of aldehydes is 1. The Balaban J connectivity index is 3.93. The zero-order chi connectivity index (χ0) is 10.5. The third kappa shape index (κ3) is 4.94. The Kier molecular flexibility index (Phi) is 4.09. The first kappa shape index (κ1) is 11.6. The minimum atomic E-state index is -5.18. The summed E-state index contributed by atoms with van der Waals surface area (Å²) in [6.07, 6.45) is -5.66. The SMILES string of the molecule is O=CCCC(=O)OC(=O)C(F)(F)F. The first-order valence-corrected chi connectivity index (χ1v) is 3.13. The second kappa shape index (κ2) is 4.58. The van der Waals surface area contributed by atoms with E-state index in [1.54, 1.807) is 0 Å². The van der Waals surface area contributed by atoms with Crippen LogP contribution in [-0.4, -0.2) is 24.4 Å². The van der Waals surface area contributed by atoms with Crippen molar-refractivity contribution in [3.8, 4) is 0 Å². The molecule has 0 atom stereocenters. The molecule has 0 aromatic heterocycles. The molecule has 0 bridgehead atoms. The molecule has 0 saturated carbocycles. The van der Waals surface area contributed by atoms with Gasteiger partial charge in [-0.1, -0.05) is 0 Å². The summed E-state index contributed by atoms with van der Waals surface area (Å²) in [6.45, 7) is 0. The fraction of sp³-hybridized carbons (Fsp3) is 0.500. The average molecular weight is 198 g/mol. The number of alkyl halides is 3. The Morgan fingerprint density at radius 2 is 1.85 bits per heavy atom. The molecule has 0 amide bonds. The molecule has 0 heterocycles. The smallest absolute Gasteiger partial charge is 0.386 e. The van der Waals surface area contributed by atoms with E-state index in [4.69, 9.17) is 0 Å². The van der Waals surface area contributed by atoms with Crippen molar-refractivity contribution in [1.29, 1.82) is 0 Å². The summed E-state index contributed by atoms with van der Waals surface area (Å²) in [5.41, 5.74) is 0. The van der Waals surface area contributed by atoms with Gasteiger partial charge in [0.2, 0.25) is 0 Å². The Hall–Kier alpha value is -1.40. The van der Waals surface area contributed by atoms with E-state index in [0.29, 0.717) is 6.29 Å². The molecule has 74 valence electrons. The van der Waals surface area contributed by atoms with Crippen LogP contribution in [0.5, 0.6) is 0 Å². The zero-order valence-electron chi connectivity index (χ0n) is 6.26. The third-order valence-corrected chi connectivity index (χ3v) is 0.904. The number of carbonyl (C=O) groups is 3. The summed E-state index contributed by atoms with van der Waals surface area (Å²) >= 11 is 0. The minimum absolute atomic E-state index is 0.274. The summed E-state index contributed by atoms with van der Waals surface area (Å²) in [7, 11) is 0. The van der Waals surface area contributed by atoms with Gasteiger partial charge in [-0.3, -0.25) is 4.79 Å². The number of hydrogen-bond donors (Lipinski definition) is 0. The molecule has 0 aliphatic rings. The van der Waals surface area contributed by atoms with E-state index in [2.05, 4.69) is 4.74 Å². The zero-order valence-corrected chi connectivity index (χ0v) is 6.26. The lowest BCUT2D eigenvalue weighted by Crippen LogP contribution is -2.27. The highest BCUT2D eigenvalue weighted by molar-refractivity contribution is 5.88.